The Hall–Kier alpha value is -1.36. The number of rotatable bonds is 3. The van der Waals surface area contributed by atoms with Gasteiger partial charge in [0.25, 0.3) is 0 Å². The third-order valence-electron chi connectivity index (χ3n) is 2.13. The average molecular weight is 269 g/mol. The summed E-state index contributed by atoms with van der Waals surface area (Å²) in [7, 11) is 1.86. The van der Waals surface area contributed by atoms with E-state index in [1.54, 1.807) is 12.3 Å². The zero-order valence-corrected chi connectivity index (χ0v) is 9.69. The van der Waals surface area contributed by atoms with Gasteiger partial charge in [-0.15, -0.1) is 0 Å². The zero-order valence-electron chi connectivity index (χ0n) is 8.11. The highest BCUT2D eigenvalue weighted by Crippen LogP contribution is 2.15. The van der Waals surface area contributed by atoms with Crippen molar-refractivity contribution in [3.63, 3.8) is 0 Å². The first-order valence-electron chi connectivity index (χ1n) is 4.40. The molecule has 0 fully saturated rings. The summed E-state index contributed by atoms with van der Waals surface area (Å²) in [6.07, 6.45) is 5.21. The first kappa shape index (κ1) is 10.2. The number of Topliss-reactive ketones (excluding diaryl/α,β-unsaturated/α-hetero) is 1. The molecular formula is C10H9BrN2O2. The van der Waals surface area contributed by atoms with Crippen LogP contribution in [0.3, 0.4) is 0 Å². The van der Waals surface area contributed by atoms with Crippen LogP contribution in [-0.4, -0.2) is 15.3 Å². The summed E-state index contributed by atoms with van der Waals surface area (Å²) >= 11 is 3.15. The van der Waals surface area contributed by atoms with Gasteiger partial charge in [0, 0.05) is 25.5 Å². The lowest BCUT2D eigenvalue weighted by molar-refractivity contribution is 0.0989. The van der Waals surface area contributed by atoms with E-state index in [-0.39, 0.29) is 12.2 Å². The van der Waals surface area contributed by atoms with Crippen molar-refractivity contribution in [2.45, 2.75) is 6.42 Å². The number of hydrogen-bond donors (Lipinski definition) is 0. The van der Waals surface area contributed by atoms with E-state index in [0.29, 0.717) is 10.2 Å². The summed E-state index contributed by atoms with van der Waals surface area (Å²) in [5.74, 6) is 0.746. The van der Waals surface area contributed by atoms with Gasteiger partial charge in [0.05, 0.1) is 12.0 Å². The second-order valence-electron chi connectivity index (χ2n) is 3.19. The van der Waals surface area contributed by atoms with Gasteiger partial charge in [-0.3, -0.25) is 4.79 Å². The van der Waals surface area contributed by atoms with Crippen LogP contribution in [0, 0.1) is 0 Å². The molecule has 2 aromatic rings. The van der Waals surface area contributed by atoms with Gasteiger partial charge in [0.15, 0.2) is 10.5 Å². The maximum atomic E-state index is 11.7. The fourth-order valence-corrected chi connectivity index (χ4v) is 1.61. The normalized spacial score (nSPS) is 10.5. The van der Waals surface area contributed by atoms with E-state index in [0.717, 1.165) is 5.82 Å². The van der Waals surface area contributed by atoms with Gasteiger partial charge in [0.2, 0.25) is 0 Å². The summed E-state index contributed by atoms with van der Waals surface area (Å²) < 4.78 is 7.39. The smallest absolute Gasteiger partial charge is 0.173 e. The third-order valence-corrected chi connectivity index (χ3v) is 2.54. The van der Waals surface area contributed by atoms with Crippen LogP contribution in [0.2, 0.25) is 0 Å². The highest BCUT2D eigenvalue weighted by Gasteiger charge is 2.12. The lowest BCUT2D eigenvalue weighted by Gasteiger charge is -1.98. The van der Waals surface area contributed by atoms with E-state index in [1.165, 1.54) is 6.26 Å². The minimum Gasteiger partial charge on any atom is -0.457 e. The fraction of sp³-hybridized carbons (Fsp3) is 0.200. The van der Waals surface area contributed by atoms with Crippen LogP contribution in [0.15, 0.2) is 33.8 Å². The number of halogens is 1. The Morgan fingerprint density at radius 1 is 1.67 bits per heavy atom. The molecule has 0 aromatic carbocycles. The standard InChI is InChI=1S/C10H9BrN2O2/c1-13-3-2-12-10(13)5-8(14)7-4-9(11)15-6-7/h2-4,6H,5H2,1H3. The summed E-state index contributed by atoms with van der Waals surface area (Å²) in [6.45, 7) is 0. The molecule has 2 rings (SSSR count). The second kappa shape index (κ2) is 4.02. The zero-order chi connectivity index (χ0) is 10.8. The molecule has 0 unspecified atom stereocenters. The molecule has 0 amide bonds. The molecule has 0 saturated heterocycles. The molecule has 0 aliphatic heterocycles. The Balaban J connectivity index is 2.14. The number of imidazole rings is 1. The van der Waals surface area contributed by atoms with Crippen LogP contribution >= 0.6 is 15.9 Å². The predicted octanol–water partition coefficient (Wildman–Crippen LogP) is 2.20. The molecule has 0 saturated carbocycles. The number of carbonyl (C=O) groups is 1. The Morgan fingerprint density at radius 3 is 3.00 bits per heavy atom. The Bertz CT molecular complexity index is 487. The molecule has 0 aliphatic rings. The van der Waals surface area contributed by atoms with Crippen LogP contribution in [0.5, 0.6) is 0 Å². The third kappa shape index (κ3) is 2.18. The molecule has 0 N–H and O–H groups in total. The fourth-order valence-electron chi connectivity index (χ4n) is 1.27. The maximum Gasteiger partial charge on any atom is 0.173 e. The van der Waals surface area contributed by atoms with Gasteiger partial charge < -0.3 is 8.98 Å². The molecule has 78 valence electrons. The molecule has 0 bridgehead atoms. The van der Waals surface area contributed by atoms with E-state index in [9.17, 15) is 4.79 Å². The summed E-state index contributed by atoms with van der Waals surface area (Å²) in [5, 5.41) is 0. The lowest BCUT2D eigenvalue weighted by Crippen LogP contribution is -2.07. The molecule has 5 heteroatoms. The first-order chi connectivity index (χ1) is 7.16. The van der Waals surface area contributed by atoms with E-state index >= 15 is 0 Å². The maximum absolute atomic E-state index is 11.7. The van der Waals surface area contributed by atoms with Crippen molar-refractivity contribution in [1.29, 1.82) is 0 Å². The second-order valence-corrected chi connectivity index (χ2v) is 3.98. The van der Waals surface area contributed by atoms with Crippen LogP contribution in [-0.2, 0) is 13.5 Å². The van der Waals surface area contributed by atoms with Crippen LogP contribution in [0.1, 0.15) is 16.2 Å². The molecular weight excluding hydrogens is 260 g/mol. The minimum atomic E-state index is -0.00116. The average Bonchev–Trinajstić information content (AvgIpc) is 2.77. The molecule has 4 nitrogen and oxygen atoms in total. The van der Waals surface area contributed by atoms with Crippen molar-refractivity contribution >= 4 is 21.7 Å². The number of hydrogen-bond acceptors (Lipinski definition) is 3. The van der Waals surface area contributed by atoms with Gasteiger partial charge in [0.1, 0.15) is 12.1 Å². The van der Waals surface area contributed by atoms with Crippen molar-refractivity contribution in [3.8, 4) is 0 Å². The number of nitrogens with zero attached hydrogens (tertiary/aromatic N) is 2. The van der Waals surface area contributed by atoms with E-state index in [2.05, 4.69) is 20.9 Å². The number of aryl methyl sites for hydroxylation is 1. The van der Waals surface area contributed by atoms with Crippen LogP contribution < -0.4 is 0 Å². The topological polar surface area (TPSA) is 48.0 Å². The first-order valence-corrected chi connectivity index (χ1v) is 5.19. The van der Waals surface area contributed by atoms with Gasteiger partial charge >= 0.3 is 0 Å². The lowest BCUT2D eigenvalue weighted by atomic mass is 10.1. The van der Waals surface area contributed by atoms with E-state index < -0.39 is 0 Å². The summed E-state index contributed by atoms with van der Waals surface area (Å²) in [5.41, 5.74) is 0.560. The van der Waals surface area contributed by atoms with Crippen molar-refractivity contribution in [2.24, 2.45) is 7.05 Å². The molecule has 2 aromatic heterocycles. The molecule has 2 heterocycles. The van der Waals surface area contributed by atoms with Crippen molar-refractivity contribution < 1.29 is 9.21 Å². The largest absolute Gasteiger partial charge is 0.457 e. The van der Waals surface area contributed by atoms with Crippen molar-refractivity contribution in [1.82, 2.24) is 9.55 Å². The number of carbonyl (C=O) groups excluding carboxylic acids is 1. The van der Waals surface area contributed by atoms with Gasteiger partial charge in [-0.05, 0) is 15.9 Å². The minimum absolute atomic E-state index is 0.00116. The molecule has 0 atom stereocenters. The van der Waals surface area contributed by atoms with Crippen molar-refractivity contribution in [3.05, 3.63) is 40.8 Å². The monoisotopic (exact) mass is 268 g/mol. The van der Waals surface area contributed by atoms with Gasteiger partial charge in [-0.1, -0.05) is 0 Å². The molecule has 15 heavy (non-hydrogen) atoms. The highest BCUT2D eigenvalue weighted by molar-refractivity contribution is 9.10. The highest BCUT2D eigenvalue weighted by atomic mass is 79.9. The Labute approximate surface area is 95.0 Å². The van der Waals surface area contributed by atoms with E-state index in [4.69, 9.17) is 4.42 Å². The molecule has 0 aliphatic carbocycles. The number of furan rings is 1. The Kier molecular flexibility index (Phi) is 2.73. The van der Waals surface area contributed by atoms with Gasteiger partial charge in [-0.25, -0.2) is 4.98 Å². The number of aromatic nitrogens is 2. The molecule has 0 spiro atoms. The number of ketones is 1. The Morgan fingerprint density at radius 2 is 2.47 bits per heavy atom. The predicted molar refractivity (Wildman–Crippen MR) is 57.7 cm³/mol. The van der Waals surface area contributed by atoms with Crippen LogP contribution in [0.4, 0.5) is 0 Å². The SMILES string of the molecule is Cn1ccnc1CC(=O)c1coc(Br)c1. The van der Waals surface area contributed by atoms with E-state index in [1.807, 2.05) is 17.8 Å². The summed E-state index contributed by atoms with van der Waals surface area (Å²) in [6, 6.07) is 1.66. The summed E-state index contributed by atoms with van der Waals surface area (Å²) in [4.78, 5) is 15.8. The van der Waals surface area contributed by atoms with Crippen molar-refractivity contribution in [2.75, 3.05) is 0 Å². The molecule has 0 radical (unpaired) electrons. The van der Waals surface area contributed by atoms with Gasteiger partial charge in [-0.2, -0.15) is 0 Å². The quantitative estimate of drug-likeness (QED) is 0.802. The van der Waals surface area contributed by atoms with Crippen LogP contribution in [0.25, 0.3) is 0 Å².